The number of anilines is 2. The molecule has 2 amide bonds. The van der Waals surface area contributed by atoms with Crippen LogP contribution in [0.3, 0.4) is 0 Å². The van der Waals surface area contributed by atoms with Gasteiger partial charge >= 0.3 is 0 Å². The van der Waals surface area contributed by atoms with E-state index < -0.39 is 6.10 Å². The number of rotatable bonds is 5. The molecule has 1 fully saturated rings. The van der Waals surface area contributed by atoms with E-state index in [2.05, 4.69) is 5.32 Å². The van der Waals surface area contributed by atoms with Gasteiger partial charge in [-0.05, 0) is 37.6 Å². The number of benzene rings is 2. The zero-order valence-electron chi connectivity index (χ0n) is 14.2. The van der Waals surface area contributed by atoms with Crippen molar-refractivity contribution in [3.63, 3.8) is 0 Å². The van der Waals surface area contributed by atoms with E-state index in [-0.39, 0.29) is 16.8 Å². The molecule has 1 atom stereocenters. The number of para-hydroxylation sites is 2. The van der Waals surface area contributed by atoms with Gasteiger partial charge in [-0.15, -0.1) is 0 Å². The van der Waals surface area contributed by atoms with E-state index in [0.29, 0.717) is 35.1 Å². The van der Waals surface area contributed by atoms with E-state index in [9.17, 15) is 9.59 Å². The number of ether oxygens (including phenoxy) is 1. The number of nitrogens with one attached hydrogen (secondary N) is 1. The Bertz CT molecular complexity index is 841. The Kier molecular flexibility index (Phi) is 5.69. The summed E-state index contributed by atoms with van der Waals surface area (Å²) >= 11 is 12.1. The third-order valence-electron chi connectivity index (χ3n) is 4.12. The molecule has 1 unspecified atom stereocenters. The second-order valence-corrected chi connectivity index (χ2v) is 6.75. The number of halogens is 2. The maximum absolute atomic E-state index is 12.5. The lowest BCUT2D eigenvalue weighted by atomic mass is 10.2. The summed E-state index contributed by atoms with van der Waals surface area (Å²) in [6, 6.07) is 12.2. The highest BCUT2D eigenvalue weighted by atomic mass is 35.5. The van der Waals surface area contributed by atoms with Crippen molar-refractivity contribution < 1.29 is 14.3 Å². The minimum Gasteiger partial charge on any atom is -0.479 e. The molecule has 5 nitrogen and oxygen atoms in total. The Morgan fingerprint density at radius 3 is 2.69 bits per heavy atom. The number of carbonyl (C=O) groups is 2. The first-order chi connectivity index (χ1) is 12.5. The zero-order chi connectivity index (χ0) is 18.7. The Hall–Kier alpha value is -2.24. The molecular formula is C19H18Cl2N2O3. The molecule has 3 rings (SSSR count). The third kappa shape index (κ3) is 3.94. The Labute approximate surface area is 161 Å². The molecule has 1 saturated heterocycles. The van der Waals surface area contributed by atoms with Gasteiger partial charge in [-0.2, -0.15) is 0 Å². The molecule has 2 aromatic rings. The topological polar surface area (TPSA) is 58.6 Å². The van der Waals surface area contributed by atoms with Crippen LogP contribution in [0.25, 0.3) is 0 Å². The number of hydrogen-bond donors (Lipinski definition) is 1. The summed E-state index contributed by atoms with van der Waals surface area (Å²) in [6.45, 7) is 2.27. The summed E-state index contributed by atoms with van der Waals surface area (Å²) in [6.07, 6.45) is 0.538. The molecule has 1 heterocycles. The van der Waals surface area contributed by atoms with Crippen LogP contribution >= 0.6 is 23.2 Å². The van der Waals surface area contributed by atoms with Crippen LogP contribution in [0, 0.1) is 0 Å². The molecule has 2 aromatic carbocycles. The molecule has 0 bridgehead atoms. The highest BCUT2D eigenvalue weighted by Gasteiger charge is 2.25. The Morgan fingerprint density at radius 2 is 1.96 bits per heavy atom. The van der Waals surface area contributed by atoms with E-state index in [1.165, 1.54) is 0 Å². The number of amides is 2. The van der Waals surface area contributed by atoms with E-state index >= 15 is 0 Å². The first-order valence-corrected chi connectivity index (χ1v) is 9.04. The van der Waals surface area contributed by atoms with Crippen molar-refractivity contribution in [1.82, 2.24) is 0 Å². The van der Waals surface area contributed by atoms with Gasteiger partial charge < -0.3 is 15.0 Å². The molecule has 0 aromatic heterocycles. The van der Waals surface area contributed by atoms with E-state index in [1.807, 2.05) is 12.1 Å². The van der Waals surface area contributed by atoms with Crippen molar-refractivity contribution in [3.05, 3.63) is 52.5 Å². The molecular weight excluding hydrogens is 375 g/mol. The molecule has 0 spiro atoms. The molecule has 0 saturated carbocycles. The average Bonchev–Trinajstić information content (AvgIpc) is 3.05. The van der Waals surface area contributed by atoms with Gasteiger partial charge in [0.1, 0.15) is 10.8 Å². The van der Waals surface area contributed by atoms with Crippen LogP contribution in [-0.4, -0.2) is 24.5 Å². The SMILES string of the molecule is CC(Oc1cccc(Cl)c1Cl)C(=O)Nc1ccccc1N1CCCC1=O. The Morgan fingerprint density at radius 1 is 1.19 bits per heavy atom. The summed E-state index contributed by atoms with van der Waals surface area (Å²) in [5, 5.41) is 3.45. The monoisotopic (exact) mass is 392 g/mol. The average molecular weight is 393 g/mol. The predicted octanol–water partition coefficient (Wildman–Crippen LogP) is 4.53. The van der Waals surface area contributed by atoms with Crippen molar-refractivity contribution in [3.8, 4) is 5.75 Å². The van der Waals surface area contributed by atoms with Crippen LogP contribution in [0.4, 0.5) is 11.4 Å². The smallest absolute Gasteiger partial charge is 0.265 e. The molecule has 7 heteroatoms. The standard InChI is InChI=1S/C19H18Cl2N2O3/c1-12(26-16-9-4-6-13(20)18(16)21)19(25)22-14-7-2-3-8-15(14)23-11-5-10-17(23)24/h2-4,6-9,12H,5,10-11H2,1H3,(H,22,25). The minimum absolute atomic E-state index is 0.0571. The van der Waals surface area contributed by atoms with E-state index in [4.69, 9.17) is 27.9 Å². The van der Waals surface area contributed by atoms with Gasteiger partial charge in [0.05, 0.1) is 16.4 Å². The summed E-state index contributed by atoms with van der Waals surface area (Å²) in [5.74, 6) is 0.0478. The molecule has 0 aliphatic carbocycles. The van der Waals surface area contributed by atoms with Gasteiger partial charge in [0.25, 0.3) is 5.91 Å². The van der Waals surface area contributed by atoms with Gasteiger partial charge in [0, 0.05) is 13.0 Å². The van der Waals surface area contributed by atoms with E-state index in [1.54, 1.807) is 42.2 Å². The van der Waals surface area contributed by atoms with Crippen LogP contribution in [-0.2, 0) is 9.59 Å². The lowest BCUT2D eigenvalue weighted by Crippen LogP contribution is -2.31. The number of hydrogen-bond acceptors (Lipinski definition) is 3. The molecule has 26 heavy (non-hydrogen) atoms. The molecule has 1 aliphatic heterocycles. The second kappa shape index (κ2) is 7.98. The first-order valence-electron chi connectivity index (χ1n) is 8.28. The largest absolute Gasteiger partial charge is 0.479 e. The Balaban J connectivity index is 1.74. The molecule has 0 radical (unpaired) electrons. The predicted molar refractivity (Wildman–Crippen MR) is 103 cm³/mol. The van der Waals surface area contributed by atoms with Crippen molar-refractivity contribution in [2.24, 2.45) is 0 Å². The van der Waals surface area contributed by atoms with Crippen molar-refractivity contribution in [1.29, 1.82) is 0 Å². The van der Waals surface area contributed by atoms with Crippen molar-refractivity contribution in [2.75, 3.05) is 16.8 Å². The van der Waals surface area contributed by atoms with E-state index in [0.717, 1.165) is 6.42 Å². The normalized spacial score (nSPS) is 15.0. The summed E-state index contributed by atoms with van der Waals surface area (Å²) < 4.78 is 5.64. The fraction of sp³-hybridized carbons (Fsp3) is 0.263. The van der Waals surface area contributed by atoms with Gasteiger partial charge in [-0.25, -0.2) is 0 Å². The van der Waals surface area contributed by atoms with Crippen LogP contribution in [0.5, 0.6) is 5.75 Å². The van der Waals surface area contributed by atoms with Gasteiger partial charge in [-0.3, -0.25) is 9.59 Å². The van der Waals surface area contributed by atoms with Crippen molar-refractivity contribution >= 4 is 46.4 Å². The van der Waals surface area contributed by atoms with Crippen LogP contribution in [0.1, 0.15) is 19.8 Å². The summed E-state index contributed by atoms with van der Waals surface area (Å²) in [7, 11) is 0. The fourth-order valence-corrected chi connectivity index (χ4v) is 3.11. The minimum atomic E-state index is -0.798. The quantitative estimate of drug-likeness (QED) is 0.812. The molecule has 1 aliphatic rings. The fourth-order valence-electron chi connectivity index (χ4n) is 2.77. The van der Waals surface area contributed by atoms with Gasteiger partial charge in [0.2, 0.25) is 5.91 Å². The first kappa shape index (κ1) is 18.5. The number of carbonyl (C=O) groups excluding carboxylic acids is 2. The van der Waals surface area contributed by atoms with Crippen LogP contribution in [0.2, 0.25) is 10.0 Å². The highest BCUT2D eigenvalue weighted by Crippen LogP contribution is 2.33. The highest BCUT2D eigenvalue weighted by molar-refractivity contribution is 6.42. The second-order valence-electron chi connectivity index (χ2n) is 5.97. The zero-order valence-corrected chi connectivity index (χ0v) is 15.7. The number of nitrogens with zero attached hydrogens (tertiary/aromatic N) is 1. The third-order valence-corrected chi connectivity index (χ3v) is 4.92. The lowest BCUT2D eigenvalue weighted by molar-refractivity contribution is -0.122. The van der Waals surface area contributed by atoms with Gasteiger partial charge in [-0.1, -0.05) is 41.4 Å². The maximum Gasteiger partial charge on any atom is 0.265 e. The van der Waals surface area contributed by atoms with Crippen LogP contribution < -0.4 is 15.0 Å². The van der Waals surface area contributed by atoms with Gasteiger partial charge in [0.15, 0.2) is 6.10 Å². The summed E-state index contributed by atoms with van der Waals surface area (Å²) in [5.41, 5.74) is 1.26. The lowest BCUT2D eigenvalue weighted by Gasteiger charge is -2.21. The van der Waals surface area contributed by atoms with Crippen LogP contribution in [0.15, 0.2) is 42.5 Å². The summed E-state index contributed by atoms with van der Waals surface area (Å²) in [4.78, 5) is 26.3. The van der Waals surface area contributed by atoms with Crippen molar-refractivity contribution in [2.45, 2.75) is 25.9 Å². The maximum atomic E-state index is 12.5. The molecule has 136 valence electrons. The molecule has 1 N–H and O–H groups in total.